The summed E-state index contributed by atoms with van der Waals surface area (Å²) in [5.41, 5.74) is 2.90. The summed E-state index contributed by atoms with van der Waals surface area (Å²) in [6.45, 7) is 10.9. The van der Waals surface area contributed by atoms with Crippen LogP contribution >= 0.6 is 0 Å². The molecular weight excluding hydrogens is 576 g/mol. The number of benzene rings is 4. The second-order valence-electron chi connectivity index (χ2n) is 13.6. The molecule has 1 saturated carbocycles. The highest BCUT2D eigenvalue weighted by Crippen LogP contribution is 2.45. The fraction of sp³-hybridized carbons (Fsp3) is 0.350. The summed E-state index contributed by atoms with van der Waals surface area (Å²) < 4.78 is 23.1. The van der Waals surface area contributed by atoms with Gasteiger partial charge in [0.1, 0.15) is 28.6 Å². The summed E-state index contributed by atoms with van der Waals surface area (Å²) in [6, 6.07) is 31.3. The lowest BCUT2D eigenvalue weighted by molar-refractivity contribution is -0.149. The number of hydrogen-bond acceptors (Lipinski definition) is 6. The number of hydrogen-bond donors (Lipinski definition) is 0. The van der Waals surface area contributed by atoms with Gasteiger partial charge in [0.25, 0.3) is 0 Å². The number of carbonyl (C=O) groups is 2. The molecule has 6 heteroatoms. The van der Waals surface area contributed by atoms with E-state index in [2.05, 4.69) is 57.2 Å². The highest BCUT2D eigenvalue weighted by Gasteiger charge is 2.36. The Morgan fingerprint density at radius 1 is 0.543 bits per heavy atom. The van der Waals surface area contributed by atoms with E-state index in [1.54, 1.807) is 26.0 Å². The van der Waals surface area contributed by atoms with Crippen molar-refractivity contribution in [3.8, 4) is 34.1 Å². The van der Waals surface area contributed by atoms with Gasteiger partial charge in [-0.3, -0.25) is 4.79 Å². The smallest absolute Gasteiger partial charge is 0.355 e. The van der Waals surface area contributed by atoms with Crippen LogP contribution in [0, 0.1) is 0 Å². The van der Waals surface area contributed by atoms with Crippen LogP contribution in [0.15, 0.2) is 97.1 Å². The number of rotatable bonds is 9. The molecular formula is C40H44O6. The first-order chi connectivity index (χ1) is 21.8. The summed E-state index contributed by atoms with van der Waals surface area (Å²) >= 11 is 0. The molecule has 0 heterocycles. The molecule has 1 fully saturated rings. The lowest BCUT2D eigenvalue weighted by Gasteiger charge is -2.39. The minimum absolute atomic E-state index is 0.0834. The Kier molecular flexibility index (Phi) is 9.57. The number of carbonyl (C=O) groups excluding carboxylic acids is 2. The largest absolute Gasteiger partial charge is 0.488 e. The standard InChI is InChI=1S/C40H44O6/c1-28(41)43-33-18-10-29(11-19-33)30-12-20-36(21-13-30)46-39(5,6)37(42)44-34-22-14-31(15-23-34)40(26-8-7-9-27-40)32-16-24-35(25-17-32)45-38(2,3)4/h10-25H,7-9,26-27H2,1-6H3. The molecule has 6 nitrogen and oxygen atoms in total. The lowest BCUT2D eigenvalue weighted by Crippen LogP contribution is -2.41. The van der Waals surface area contributed by atoms with E-state index in [-0.39, 0.29) is 17.0 Å². The monoisotopic (exact) mass is 620 g/mol. The van der Waals surface area contributed by atoms with Crippen LogP contribution in [0.5, 0.6) is 23.0 Å². The summed E-state index contributed by atoms with van der Waals surface area (Å²) in [5.74, 6) is 1.57. The number of esters is 2. The molecule has 0 bridgehead atoms. The van der Waals surface area contributed by atoms with Crippen LogP contribution in [-0.2, 0) is 15.0 Å². The molecule has 0 N–H and O–H groups in total. The molecule has 1 aliphatic carbocycles. The van der Waals surface area contributed by atoms with Crippen molar-refractivity contribution in [1.29, 1.82) is 0 Å². The van der Waals surface area contributed by atoms with Gasteiger partial charge in [0.05, 0.1) is 0 Å². The van der Waals surface area contributed by atoms with Crippen LogP contribution in [0.2, 0.25) is 0 Å². The third kappa shape index (κ3) is 7.97. The Labute approximate surface area is 272 Å². The van der Waals surface area contributed by atoms with Crippen molar-refractivity contribution >= 4 is 11.9 Å². The zero-order valence-corrected chi connectivity index (χ0v) is 27.7. The molecule has 0 unspecified atom stereocenters. The number of ether oxygens (including phenoxy) is 4. The van der Waals surface area contributed by atoms with Gasteiger partial charge in [0.15, 0.2) is 0 Å². The third-order valence-corrected chi connectivity index (χ3v) is 8.32. The van der Waals surface area contributed by atoms with Crippen molar-refractivity contribution in [2.24, 2.45) is 0 Å². The van der Waals surface area contributed by atoms with E-state index in [1.807, 2.05) is 48.5 Å². The van der Waals surface area contributed by atoms with Gasteiger partial charge in [-0.1, -0.05) is 67.8 Å². The predicted octanol–water partition coefficient (Wildman–Crippen LogP) is 9.47. The van der Waals surface area contributed by atoms with Crippen LogP contribution in [-0.4, -0.2) is 23.1 Å². The van der Waals surface area contributed by atoms with Gasteiger partial charge < -0.3 is 18.9 Å². The minimum Gasteiger partial charge on any atom is -0.488 e. The van der Waals surface area contributed by atoms with E-state index >= 15 is 0 Å². The van der Waals surface area contributed by atoms with Crippen molar-refractivity contribution in [3.05, 3.63) is 108 Å². The van der Waals surface area contributed by atoms with Crippen LogP contribution in [0.1, 0.15) is 84.8 Å². The molecule has 0 spiro atoms. The van der Waals surface area contributed by atoms with E-state index in [9.17, 15) is 9.59 Å². The molecule has 4 aromatic rings. The second kappa shape index (κ2) is 13.4. The summed E-state index contributed by atoms with van der Waals surface area (Å²) in [5, 5.41) is 0. The molecule has 46 heavy (non-hydrogen) atoms. The van der Waals surface area contributed by atoms with Gasteiger partial charge in [0.2, 0.25) is 5.60 Å². The minimum atomic E-state index is -1.21. The maximum Gasteiger partial charge on any atom is 0.355 e. The Morgan fingerprint density at radius 2 is 0.957 bits per heavy atom. The SMILES string of the molecule is CC(=O)Oc1ccc(-c2ccc(OC(C)(C)C(=O)Oc3ccc(C4(c5ccc(OC(C)(C)C)cc5)CCCCC4)cc3)cc2)cc1. The van der Waals surface area contributed by atoms with Crippen molar-refractivity contribution in [2.45, 2.75) is 90.3 Å². The Morgan fingerprint density at radius 3 is 1.43 bits per heavy atom. The average molecular weight is 621 g/mol. The normalized spacial score (nSPS) is 14.7. The summed E-state index contributed by atoms with van der Waals surface area (Å²) in [6.07, 6.45) is 5.73. The second-order valence-corrected chi connectivity index (χ2v) is 13.6. The molecule has 4 aromatic carbocycles. The van der Waals surface area contributed by atoms with Crippen molar-refractivity contribution in [1.82, 2.24) is 0 Å². The zero-order chi connectivity index (χ0) is 33.0. The molecule has 0 saturated heterocycles. The van der Waals surface area contributed by atoms with Gasteiger partial charge in [-0.05, 0) is 118 Å². The molecule has 0 atom stereocenters. The highest BCUT2D eigenvalue weighted by atomic mass is 16.6. The summed E-state index contributed by atoms with van der Waals surface area (Å²) in [4.78, 5) is 24.4. The Hall–Kier alpha value is -4.58. The fourth-order valence-corrected chi connectivity index (χ4v) is 6.10. The topological polar surface area (TPSA) is 71.1 Å². The van der Waals surface area contributed by atoms with Crippen LogP contribution < -0.4 is 18.9 Å². The fourth-order valence-electron chi connectivity index (χ4n) is 6.10. The first kappa shape index (κ1) is 32.8. The first-order valence-corrected chi connectivity index (χ1v) is 16.0. The summed E-state index contributed by atoms with van der Waals surface area (Å²) in [7, 11) is 0. The zero-order valence-electron chi connectivity index (χ0n) is 27.7. The molecule has 0 aromatic heterocycles. The van der Waals surface area contributed by atoms with E-state index in [4.69, 9.17) is 18.9 Å². The van der Waals surface area contributed by atoms with E-state index in [0.717, 1.165) is 29.7 Å². The van der Waals surface area contributed by atoms with Gasteiger partial charge in [0, 0.05) is 12.3 Å². The van der Waals surface area contributed by atoms with Gasteiger partial charge in [-0.15, -0.1) is 0 Å². The Balaban J connectivity index is 1.24. The van der Waals surface area contributed by atoms with Gasteiger partial charge in [-0.25, -0.2) is 4.79 Å². The van der Waals surface area contributed by atoms with E-state index < -0.39 is 11.6 Å². The maximum atomic E-state index is 13.2. The van der Waals surface area contributed by atoms with Crippen LogP contribution in [0.4, 0.5) is 0 Å². The highest BCUT2D eigenvalue weighted by molar-refractivity contribution is 5.81. The lowest BCUT2D eigenvalue weighted by atomic mass is 9.65. The van der Waals surface area contributed by atoms with E-state index in [0.29, 0.717) is 17.2 Å². The van der Waals surface area contributed by atoms with Crippen molar-refractivity contribution in [3.63, 3.8) is 0 Å². The first-order valence-electron chi connectivity index (χ1n) is 16.0. The van der Waals surface area contributed by atoms with Crippen molar-refractivity contribution in [2.75, 3.05) is 0 Å². The molecule has 0 aliphatic heterocycles. The molecule has 240 valence electrons. The molecule has 0 amide bonds. The van der Waals surface area contributed by atoms with Gasteiger partial charge >= 0.3 is 11.9 Å². The molecule has 1 aliphatic rings. The quantitative estimate of drug-likeness (QED) is 0.137. The Bertz CT molecular complexity index is 1620. The predicted molar refractivity (Wildman–Crippen MR) is 181 cm³/mol. The maximum absolute atomic E-state index is 13.2. The molecule has 5 rings (SSSR count). The van der Waals surface area contributed by atoms with Crippen LogP contribution in [0.3, 0.4) is 0 Å². The van der Waals surface area contributed by atoms with Crippen LogP contribution in [0.25, 0.3) is 11.1 Å². The van der Waals surface area contributed by atoms with E-state index in [1.165, 1.54) is 37.3 Å². The average Bonchev–Trinajstić information content (AvgIpc) is 3.02. The van der Waals surface area contributed by atoms with Crippen molar-refractivity contribution < 1.29 is 28.5 Å². The third-order valence-electron chi connectivity index (χ3n) is 8.32. The van der Waals surface area contributed by atoms with Gasteiger partial charge in [-0.2, -0.15) is 0 Å². The molecule has 0 radical (unpaired) electrons.